The summed E-state index contributed by atoms with van der Waals surface area (Å²) in [6, 6.07) is 0. The van der Waals surface area contributed by atoms with E-state index in [1.54, 1.807) is 0 Å². The molecule has 1 amide bonds. The highest BCUT2D eigenvalue weighted by Gasteiger charge is 2.08. The van der Waals surface area contributed by atoms with Gasteiger partial charge >= 0.3 is 0 Å². The number of amides is 1. The van der Waals surface area contributed by atoms with Crippen LogP contribution in [0.1, 0.15) is 0 Å². The van der Waals surface area contributed by atoms with Crippen molar-refractivity contribution in [2.24, 2.45) is 5.10 Å². The molecule has 0 saturated heterocycles. The Balaban J connectivity index is 2.36. The van der Waals surface area contributed by atoms with Crippen molar-refractivity contribution >= 4 is 23.7 Å². The predicted octanol–water partition coefficient (Wildman–Crippen LogP) is -0.938. The highest BCUT2D eigenvalue weighted by atomic mass is 35.5. The van der Waals surface area contributed by atoms with Gasteiger partial charge in [0.15, 0.2) is 0 Å². The summed E-state index contributed by atoms with van der Waals surface area (Å²) in [7, 11) is 0. The largest absolute Gasteiger partial charge is 0.280 e. The van der Waals surface area contributed by atoms with Gasteiger partial charge in [0.2, 0.25) is 0 Å². The van der Waals surface area contributed by atoms with Gasteiger partial charge in [0.1, 0.15) is 6.21 Å². The molecular formula is C4H7ClN4O. The summed E-state index contributed by atoms with van der Waals surface area (Å²) < 4.78 is 0. The third-order valence-electron chi connectivity index (χ3n) is 0.914. The fraction of sp³-hybridized carbons (Fsp3) is 0.500. The summed E-state index contributed by atoms with van der Waals surface area (Å²) in [4.78, 5) is 10.6. The average Bonchev–Trinajstić information content (AvgIpc) is 1.88. The Bertz CT molecular complexity index is 159. The van der Waals surface area contributed by atoms with Crippen LogP contribution < -0.4 is 11.0 Å². The molecule has 0 aromatic rings. The van der Waals surface area contributed by atoms with E-state index in [1.807, 2.05) is 0 Å². The van der Waals surface area contributed by atoms with E-state index in [4.69, 9.17) is 11.6 Å². The first-order valence-electron chi connectivity index (χ1n) is 2.76. The second-order valence-electron chi connectivity index (χ2n) is 1.67. The molecule has 0 aliphatic carbocycles. The lowest BCUT2D eigenvalue weighted by atomic mass is 10.7. The number of carbonyl (C=O) groups is 1. The first kappa shape index (κ1) is 7.30. The van der Waals surface area contributed by atoms with Crippen molar-refractivity contribution in [3.63, 3.8) is 0 Å². The number of hydrazine groups is 2. The Morgan fingerprint density at radius 2 is 2.60 bits per heavy atom. The highest BCUT2D eigenvalue weighted by molar-refractivity contribution is 6.26. The minimum atomic E-state index is -0.246. The smallest absolute Gasteiger partial charge is 0.267 e. The van der Waals surface area contributed by atoms with Crippen molar-refractivity contribution < 1.29 is 4.79 Å². The number of halogens is 1. The van der Waals surface area contributed by atoms with E-state index in [0.717, 1.165) is 6.21 Å². The van der Waals surface area contributed by atoms with E-state index in [0.29, 0.717) is 12.4 Å². The lowest BCUT2D eigenvalue weighted by Crippen LogP contribution is -2.53. The van der Waals surface area contributed by atoms with E-state index >= 15 is 0 Å². The van der Waals surface area contributed by atoms with Crippen molar-refractivity contribution in [3.8, 4) is 0 Å². The molecule has 1 aliphatic rings. The molecule has 0 saturated carbocycles. The summed E-state index contributed by atoms with van der Waals surface area (Å²) >= 11 is 5.40. The van der Waals surface area contributed by atoms with Crippen LogP contribution in [0.3, 0.4) is 0 Å². The standard InChI is InChI=1S/C4H7ClN4O/c5-1-2-9-7-4(10)3-6-8-9/h3,8H,1-2H2,(H,7,10). The molecule has 5 nitrogen and oxygen atoms in total. The molecule has 0 atom stereocenters. The summed E-state index contributed by atoms with van der Waals surface area (Å²) in [6.45, 7) is 0.518. The van der Waals surface area contributed by atoms with Crippen LogP contribution in [-0.4, -0.2) is 29.7 Å². The summed E-state index contributed by atoms with van der Waals surface area (Å²) in [5, 5.41) is 4.95. The van der Waals surface area contributed by atoms with E-state index in [-0.39, 0.29) is 5.91 Å². The predicted molar refractivity (Wildman–Crippen MR) is 37.2 cm³/mol. The Morgan fingerprint density at radius 1 is 1.80 bits per heavy atom. The van der Waals surface area contributed by atoms with Crippen LogP contribution in [0.4, 0.5) is 0 Å². The second kappa shape index (κ2) is 3.38. The monoisotopic (exact) mass is 162 g/mol. The zero-order valence-electron chi connectivity index (χ0n) is 5.17. The van der Waals surface area contributed by atoms with Gasteiger partial charge in [0, 0.05) is 5.88 Å². The van der Waals surface area contributed by atoms with Gasteiger partial charge in [0.25, 0.3) is 5.91 Å². The van der Waals surface area contributed by atoms with Crippen LogP contribution in [0.2, 0.25) is 0 Å². The molecular weight excluding hydrogens is 156 g/mol. The van der Waals surface area contributed by atoms with Crippen LogP contribution in [0.5, 0.6) is 0 Å². The molecule has 56 valence electrons. The Morgan fingerprint density at radius 3 is 3.20 bits per heavy atom. The van der Waals surface area contributed by atoms with Gasteiger partial charge in [-0.2, -0.15) is 5.10 Å². The number of hydrazone groups is 1. The van der Waals surface area contributed by atoms with Crippen LogP contribution in [0.15, 0.2) is 5.10 Å². The first-order valence-corrected chi connectivity index (χ1v) is 3.29. The minimum absolute atomic E-state index is 0.246. The molecule has 6 heteroatoms. The Labute approximate surface area is 63.0 Å². The summed E-state index contributed by atoms with van der Waals surface area (Å²) in [5.74, 6) is 0.187. The SMILES string of the molecule is O=C1C=NNN(CCCl)N1. The number of alkyl halides is 1. The van der Waals surface area contributed by atoms with Gasteiger partial charge in [-0.1, -0.05) is 0 Å². The van der Waals surface area contributed by atoms with Gasteiger partial charge in [-0.25, -0.2) is 5.53 Å². The van der Waals surface area contributed by atoms with Gasteiger partial charge in [-0.05, 0) is 0 Å². The molecule has 1 rings (SSSR count). The first-order chi connectivity index (χ1) is 4.83. The van der Waals surface area contributed by atoms with Crippen molar-refractivity contribution in [2.75, 3.05) is 12.4 Å². The zero-order valence-corrected chi connectivity index (χ0v) is 5.93. The third-order valence-corrected chi connectivity index (χ3v) is 1.08. The third kappa shape index (κ3) is 1.85. The fourth-order valence-corrected chi connectivity index (χ4v) is 0.704. The van der Waals surface area contributed by atoms with Crippen molar-refractivity contribution in [2.45, 2.75) is 0 Å². The fourth-order valence-electron chi connectivity index (χ4n) is 0.534. The van der Waals surface area contributed by atoms with Crippen LogP contribution in [0, 0.1) is 0 Å². The summed E-state index contributed by atoms with van der Waals surface area (Å²) in [5.41, 5.74) is 5.00. The van der Waals surface area contributed by atoms with Crippen LogP contribution >= 0.6 is 11.6 Å². The normalized spacial score (nSPS) is 18.3. The molecule has 1 aliphatic heterocycles. The quantitative estimate of drug-likeness (QED) is 0.516. The van der Waals surface area contributed by atoms with E-state index in [2.05, 4.69) is 16.1 Å². The van der Waals surface area contributed by atoms with Gasteiger partial charge < -0.3 is 0 Å². The molecule has 0 bridgehead atoms. The Hall–Kier alpha value is -0.810. The zero-order chi connectivity index (χ0) is 7.40. The van der Waals surface area contributed by atoms with Gasteiger partial charge in [-0.3, -0.25) is 10.2 Å². The van der Waals surface area contributed by atoms with Crippen molar-refractivity contribution in [1.82, 2.24) is 16.1 Å². The molecule has 2 N–H and O–H groups in total. The van der Waals surface area contributed by atoms with E-state index < -0.39 is 0 Å². The maximum Gasteiger partial charge on any atom is 0.280 e. The maximum absolute atomic E-state index is 10.6. The molecule has 0 radical (unpaired) electrons. The topological polar surface area (TPSA) is 56.7 Å². The molecule has 0 aromatic heterocycles. The number of hydrogen-bond acceptors (Lipinski definition) is 4. The lowest BCUT2D eigenvalue weighted by molar-refractivity contribution is -0.121. The summed E-state index contributed by atoms with van der Waals surface area (Å²) in [6.07, 6.45) is 1.16. The molecule has 0 spiro atoms. The second-order valence-corrected chi connectivity index (χ2v) is 2.05. The molecule has 0 unspecified atom stereocenters. The minimum Gasteiger partial charge on any atom is -0.267 e. The van der Waals surface area contributed by atoms with E-state index in [9.17, 15) is 4.79 Å². The molecule has 10 heavy (non-hydrogen) atoms. The molecule has 0 fully saturated rings. The van der Waals surface area contributed by atoms with Crippen molar-refractivity contribution in [3.05, 3.63) is 0 Å². The molecule has 1 heterocycles. The van der Waals surface area contributed by atoms with Crippen LogP contribution in [-0.2, 0) is 4.79 Å². The number of carbonyl (C=O) groups excluding carboxylic acids is 1. The van der Waals surface area contributed by atoms with Gasteiger partial charge in [-0.15, -0.1) is 16.7 Å². The van der Waals surface area contributed by atoms with Gasteiger partial charge in [0.05, 0.1) is 6.54 Å². The maximum atomic E-state index is 10.6. The lowest BCUT2D eigenvalue weighted by Gasteiger charge is -2.22. The van der Waals surface area contributed by atoms with Crippen molar-refractivity contribution in [1.29, 1.82) is 0 Å². The average molecular weight is 163 g/mol. The van der Waals surface area contributed by atoms with Crippen LogP contribution in [0.25, 0.3) is 0 Å². The number of rotatable bonds is 2. The Kier molecular flexibility index (Phi) is 2.47. The number of hydrogen-bond donors (Lipinski definition) is 2. The number of nitrogens with one attached hydrogen (secondary N) is 2. The highest BCUT2D eigenvalue weighted by Crippen LogP contribution is 1.83. The van der Waals surface area contributed by atoms with E-state index in [1.165, 1.54) is 5.12 Å². The molecule has 0 aromatic carbocycles. The number of nitrogens with zero attached hydrogens (tertiary/aromatic N) is 2.